The molecule has 112 valence electrons. The van der Waals surface area contributed by atoms with E-state index in [1.54, 1.807) is 0 Å². The molecule has 1 unspecified atom stereocenters. The van der Waals surface area contributed by atoms with E-state index < -0.39 is 0 Å². The van der Waals surface area contributed by atoms with Crippen LogP contribution in [-0.4, -0.2) is 15.8 Å². The first-order valence-corrected chi connectivity index (χ1v) is 7.57. The van der Waals surface area contributed by atoms with E-state index in [2.05, 4.69) is 60.1 Å². The largest absolute Gasteiger partial charge is 0.351 e. The van der Waals surface area contributed by atoms with Crippen LogP contribution >= 0.6 is 0 Å². The topological polar surface area (TPSA) is 41.7 Å². The second-order valence-electron chi connectivity index (χ2n) is 6.17. The van der Waals surface area contributed by atoms with E-state index in [9.17, 15) is 0 Å². The summed E-state index contributed by atoms with van der Waals surface area (Å²) in [5.41, 5.74) is 3.46. The van der Waals surface area contributed by atoms with Gasteiger partial charge in [-0.05, 0) is 60.3 Å². The maximum Gasteiger partial charge on any atom is 0.0477 e. The number of nitrogens with one attached hydrogen (secondary N) is 1. The van der Waals surface area contributed by atoms with Crippen molar-refractivity contribution in [1.29, 1.82) is 5.41 Å². The van der Waals surface area contributed by atoms with Gasteiger partial charge < -0.3 is 9.98 Å². The summed E-state index contributed by atoms with van der Waals surface area (Å²) in [5.74, 6) is 0. The van der Waals surface area contributed by atoms with Gasteiger partial charge in [-0.25, -0.2) is 0 Å². The van der Waals surface area contributed by atoms with Crippen molar-refractivity contribution in [3.63, 3.8) is 0 Å². The van der Waals surface area contributed by atoms with Crippen molar-refractivity contribution in [3.05, 3.63) is 66.1 Å². The maximum absolute atomic E-state index is 7.59. The van der Waals surface area contributed by atoms with E-state index in [4.69, 9.17) is 5.41 Å². The Bertz CT molecular complexity index is 789. The van der Waals surface area contributed by atoms with Crippen molar-refractivity contribution in [2.45, 2.75) is 25.2 Å². The molecule has 2 aromatic heterocycles. The summed E-state index contributed by atoms with van der Waals surface area (Å²) in [7, 11) is 2.06. The zero-order valence-corrected chi connectivity index (χ0v) is 13.1. The van der Waals surface area contributed by atoms with E-state index in [-0.39, 0.29) is 5.41 Å². The lowest BCUT2D eigenvalue weighted by molar-refractivity contribution is 0.485. The van der Waals surface area contributed by atoms with Gasteiger partial charge in [-0.1, -0.05) is 19.1 Å². The third kappa shape index (κ3) is 2.67. The highest BCUT2D eigenvalue weighted by molar-refractivity contribution is 5.81. The van der Waals surface area contributed by atoms with Crippen molar-refractivity contribution in [2.75, 3.05) is 0 Å². The predicted molar refractivity (Wildman–Crippen MR) is 91.6 cm³/mol. The van der Waals surface area contributed by atoms with Crippen LogP contribution in [0.4, 0.5) is 0 Å². The Morgan fingerprint density at radius 1 is 1.23 bits per heavy atom. The Balaban J connectivity index is 2.02. The molecular weight excluding hydrogens is 270 g/mol. The second kappa shape index (κ2) is 5.76. The molecule has 0 aliphatic carbocycles. The lowest BCUT2D eigenvalue weighted by atomic mass is 9.76. The van der Waals surface area contributed by atoms with Crippen LogP contribution in [0.1, 0.15) is 24.6 Å². The highest BCUT2D eigenvalue weighted by Gasteiger charge is 2.27. The molecule has 1 aromatic carbocycles. The van der Waals surface area contributed by atoms with Crippen molar-refractivity contribution in [2.24, 2.45) is 7.05 Å². The van der Waals surface area contributed by atoms with Crippen molar-refractivity contribution < 1.29 is 0 Å². The number of aromatic nitrogens is 2. The van der Waals surface area contributed by atoms with Crippen LogP contribution in [0.25, 0.3) is 10.9 Å². The molecule has 0 fully saturated rings. The molecule has 3 nitrogen and oxygen atoms in total. The summed E-state index contributed by atoms with van der Waals surface area (Å²) < 4.78 is 2.13. The first-order chi connectivity index (χ1) is 10.6. The van der Waals surface area contributed by atoms with Crippen LogP contribution < -0.4 is 0 Å². The number of pyridine rings is 1. The smallest absolute Gasteiger partial charge is 0.0477 e. The minimum absolute atomic E-state index is 0.111. The Labute approximate surface area is 131 Å². The number of hydrogen-bond donors (Lipinski definition) is 1. The van der Waals surface area contributed by atoms with Gasteiger partial charge in [0.1, 0.15) is 0 Å². The molecule has 22 heavy (non-hydrogen) atoms. The molecule has 3 heteroatoms. The molecule has 3 rings (SSSR count). The Kier molecular flexibility index (Phi) is 3.80. The van der Waals surface area contributed by atoms with Gasteiger partial charge >= 0.3 is 0 Å². The first-order valence-electron chi connectivity index (χ1n) is 7.57. The van der Waals surface area contributed by atoms with Crippen molar-refractivity contribution in [3.8, 4) is 0 Å². The van der Waals surface area contributed by atoms with Gasteiger partial charge in [-0.2, -0.15) is 0 Å². The van der Waals surface area contributed by atoms with Crippen molar-refractivity contribution >= 4 is 17.1 Å². The van der Waals surface area contributed by atoms with E-state index in [1.165, 1.54) is 22.7 Å². The average Bonchev–Trinajstić information content (AvgIpc) is 2.89. The Morgan fingerprint density at radius 3 is 2.82 bits per heavy atom. The summed E-state index contributed by atoms with van der Waals surface area (Å²) in [6.45, 7) is 2.22. The molecule has 3 aromatic rings. The summed E-state index contributed by atoms with van der Waals surface area (Å²) in [5, 5.41) is 8.84. The number of aryl methyl sites for hydroxylation is 1. The highest BCUT2D eigenvalue weighted by Crippen LogP contribution is 2.32. The molecule has 0 amide bonds. The third-order valence-corrected chi connectivity index (χ3v) is 4.43. The van der Waals surface area contributed by atoms with Crippen LogP contribution in [0.3, 0.4) is 0 Å². The number of rotatable bonds is 5. The van der Waals surface area contributed by atoms with E-state index in [1.807, 2.05) is 18.3 Å². The summed E-state index contributed by atoms with van der Waals surface area (Å²) in [6, 6.07) is 14.8. The normalized spacial score (nSPS) is 13.9. The molecule has 0 saturated heterocycles. The number of hydrogen-bond acceptors (Lipinski definition) is 2. The third-order valence-electron chi connectivity index (χ3n) is 4.43. The Morgan fingerprint density at radius 2 is 2.09 bits per heavy atom. The van der Waals surface area contributed by atoms with Gasteiger partial charge in [0.25, 0.3) is 0 Å². The number of nitrogens with zero attached hydrogens (tertiary/aromatic N) is 2. The molecule has 1 N–H and O–H groups in total. The molecule has 1 atom stereocenters. The van der Waals surface area contributed by atoms with Gasteiger partial charge in [0, 0.05) is 36.1 Å². The van der Waals surface area contributed by atoms with E-state index >= 15 is 0 Å². The fourth-order valence-electron chi connectivity index (χ4n) is 3.08. The molecule has 0 radical (unpaired) electrons. The molecule has 0 saturated carbocycles. The zero-order chi connectivity index (χ0) is 15.6. The van der Waals surface area contributed by atoms with Gasteiger partial charge in [0.2, 0.25) is 0 Å². The van der Waals surface area contributed by atoms with E-state index in [0.717, 1.165) is 12.1 Å². The van der Waals surface area contributed by atoms with Crippen LogP contribution in [0.2, 0.25) is 0 Å². The molecule has 0 aliphatic rings. The summed E-state index contributed by atoms with van der Waals surface area (Å²) in [4.78, 5) is 4.46. The summed E-state index contributed by atoms with van der Waals surface area (Å²) >= 11 is 0. The second-order valence-corrected chi connectivity index (χ2v) is 6.17. The quantitative estimate of drug-likeness (QED) is 0.706. The Hall–Kier alpha value is -2.42. The summed E-state index contributed by atoms with van der Waals surface area (Å²) in [6.07, 6.45) is 6.98. The van der Waals surface area contributed by atoms with E-state index in [0.29, 0.717) is 6.42 Å². The first kappa shape index (κ1) is 14.5. The lowest BCUT2D eigenvalue weighted by Crippen LogP contribution is -2.26. The molecule has 0 bridgehead atoms. The average molecular weight is 291 g/mol. The highest BCUT2D eigenvalue weighted by atomic mass is 14.9. The van der Waals surface area contributed by atoms with Gasteiger partial charge in [-0.3, -0.25) is 4.98 Å². The molecule has 0 spiro atoms. The van der Waals surface area contributed by atoms with Crippen LogP contribution in [0, 0.1) is 5.41 Å². The van der Waals surface area contributed by atoms with Crippen LogP contribution in [0.15, 0.2) is 54.9 Å². The fraction of sp³-hybridized carbons (Fsp3) is 0.263. The molecule has 0 aliphatic heterocycles. The van der Waals surface area contributed by atoms with Gasteiger partial charge in [-0.15, -0.1) is 0 Å². The molecule has 2 heterocycles. The lowest BCUT2D eigenvalue weighted by Gasteiger charge is -2.28. The monoisotopic (exact) mass is 291 g/mol. The minimum atomic E-state index is -0.111. The SMILES string of the molecule is Cn1ccc2cc(C(C)(CC=N)Cc3ccccn3)ccc21. The van der Waals surface area contributed by atoms with Gasteiger partial charge in [0.15, 0.2) is 0 Å². The standard InChI is InChI=1S/C19H21N3/c1-19(9-10-20,14-17-5-3-4-11-21-17)16-6-7-18-15(13-16)8-12-22(18)2/h3-8,10-13,20H,9,14H2,1-2H3. The van der Waals surface area contributed by atoms with Gasteiger partial charge in [0.05, 0.1) is 0 Å². The maximum atomic E-state index is 7.59. The van der Waals surface area contributed by atoms with Crippen LogP contribution in [-0.2, 0) is 18.9 Å². The fourth-order valence-corrected chi connectivity index (χ4v) is 3.08. The number of fused-ring (bicyclic) bond motifs is 1. The minimum Gasteiger partial charge on any atom is -0.351 e. The molecular formula is C19H21N3. The number of benzene rings is 1. The van der Waals surface area contributed by atoms with Crippen molar-refractivity contribution in [1.82, 2.24) is 9.55 Å². The predicted octanol–water partition coefficient (Wildman–Crippen LogP) is 4.11. The van der Waals surface area contributed by atoms with Crippen LogP contribution in [0.5, 0.6) is 0 Å². The zero-order valence-electron chi connectivity index (χ0n) is 13.1.